The van der Waals surface area contributed by atoms with E-state index >= 15 is 0 Å². The molecule has 1 fully saturated rings. The number of rotatable bonds is 4. The zero-order valence-corrected chi connectivity index (χ0v) is 14.2. The fraction of sp³-hybridized carbons (Fsp3) is 0.294. The quantitative estimate of drug-likeness (QED) is 0.917. The molecule has 0 unspecified atom stereocenters. The van der Waals surface area contributed by atoms with E-state index in [9.17, 15) is 9.59 Å². The molecule has 1 N–H and O–H groups in total. The van der Waals surface area contributed by atoms with Crippen LogP contribution in [0.15, 0.2) is 41.8 Å². The molecule has 4 nitrogen and oxygen atoms in total. The highest BCUT2D eigenvalue weighted by Gasteiger charge is 2.35. The fourth-order valence-corrected chi connectivity index (χ4v) is 3.64. The van der Waals surface area contributed by atoms with Crippen molar-refractivity contribution in [2.75, 3.05) is 11.4 Å². The number of benzene rings is 1. The Kier molecular flexibility index (Phi) is 4.68. The molecule has 2 amide bonds. The van der Waals surface area contributed by atoms with Crippen LogP contribution in [0.2, 0.25) is 5.02 Å². The molecule has 2 heterocycles. The molecule has 0 aliphatic carbocycles. The summed E-state index contributed by atoms with van der Waals surface area (Å²) in [6, 6.07) is 11.1. The number of hydrogen-bond donors (Lipinski definition) is 1. The van der Waals surface area contributed by atoms with E-state index in [1.54, 1.807) is 34.4 Å². The van der Waals surface area contributed by atoms with Gasteiger partial charge in [0.1, 0.15) is 0 Å². The summed E-state index contributed by atoms with van der Waals surface area (Å²) in [7, 11) is 0. The number of nitrogens with zero attached hydrogens (tertiary/aromatic N) is 1. The highest BCUT2D eigenvalue weighted by molar-refractivity contribution is 7.10. The predicted octanol–water partition coefficient (Wildman–Crippen LogP) is 3.63. The molecule has 1 aliphatic rings. The predicted molar refractivity (Wildman–Crippen MR) is 92.8 cm³/mol. The van der Waals surface area contributed by atoms with E-state index in [-0.39, 0.29) is 30.2 Å². The maximum atomic E-state index is 12.4. The van der Waals surface area contributed by atoms with Crippen LogP contribution in [0.3, 0.4) is 0 Å². The highest BCUT2D eigenvalue weighted by Crippen LogP contribution is 2.28. The average Bonchev–Trinajstić information content (AvgIpc) is 3.16. The van der Waals surface area contributed by atoms with Crippen LogP contribution in [0.5, 0.6) is 0 Å². The van der Waals surface area contributed by atoms with Crippen LogP contribution in [0.1, 0.15) is 24.3 Å². The van der Waals surface area contributed by atoms with Crippen molar-refractivity contribution < 1.29 is 9.59 Å². The lowest BCUT2D eigenvalue weighted by atomic mass is 10.1. The first-order valence-corrected chi connectivity index (χ1v) is 8.70. The van der Waals surface area contributed by atoms with Crippen molar-refractivity contribution in [1.29, 1.82) is 0 Å². The Morgan fingerprint density at radius 3 is 2.91 bits per heavy atom. The minimum absolute atomic E-state index is 0.0437. The van der Waals surface area contributed by atoms with Gasteiger partial charge in [-0.15, -0.1) is 11.3 Å². The van der Waals surface area contributed by atoms with Crippen molar-refractivity contribution in [3.8, 4) is 0 Å². The smallest absolute Gasteiger partial charge is 0.227 e. The van der Waals surface area contributed by atoms with Gasteiger partial charge in [-0.3, -0.25) is 9.59 Å². The van der Waals surface area contributed by atoms with Crippen LogP contribution in [0.25, 0.3) is 0 Å². The number of anilines is 1. The van der Waals surface area contributed by atoms with E-state index in [2.05, 4.69) is 5.32 Å². The summed E-state index contributed by atoms with van der Waals surface area (Å²) >= 11 is 7.59. The Bertz CT molecular complexity index is 717. The molecule has 0 radical (unpaired) electrons. The highest BCUT2D eigenvalue weighted by atomic mass is 35.5. The molecule has 0 bridgehead atoms. The molecule has 0 saturated carbocycles. The third-order valence-corrected chi connectivity index (χ3v) is 5.23. The van der Waals surface area contributed by atoms with Crippen LogP contribution in [0.4, 0.5) is 5.69 Å². The van der Waals surface area contributed by atoms with Crippen LogP contribution in [0, 0.1) is 5.92 Å². The monoisotopic (exact) mass is 348 g/mol. The topological polar surface area (TPSA) is 49.4 Å². The minimum Gasteiger partial charge on any atom is -0.348 e. The second kappa shape index (κ2) is 6.72. The molecule has 3 rings (SSSR count). The van der Waals surface area contributed by atoms with Crippen molar-refractivity contribution in [2.45, 2.75) is 19.4 Å². The van der Waals surface area contributed by atoms with Crippen molar-refractivity contribution in [3.63, 3.8) is 0 Å². The van der Waals surface area contributed by atoms with Gasteiger partial charge in [-0.05, 0) is 36.6 Å². The summed E-state index contributed by atoms with van der Waals surface area (Å²) in [5, 5.41) is 5.56. The molecule has 2 aromatic rings. The van der Waals surface area contributed by atoms with Gasteiger partial charge < -0.3 is 10.2 Å². The van der Waals surface area contributed by atoms with Crippen molar-refractivity contribution >= 4 is 40.4 Å². The van der Waals surface area contributed by atoms with Gasteiger partial charge in [-0.1, -0.05) is 23.7 Å². The largest absolute Gasteiger partial charge is 0.348 e. The van der Waals surface area contributed by atoms with E-state index < -0.39 is 0 Å². The molecule has 120 valence electrons. The van der Waals surface area contributed by atoms with Crippen molar-refractivity contribution in [3.05, 3.63) is 51.7 Å². The van der Waals surface area contributed by atoms with Gasteiger partial charge in [-0.2, -0.15) is 0 Å². The van der Waals surface area contributed by atoms with Gasteiger partial charge in [0, 0.05) is 28.6 Å². The first-order valence-electron chi connectivity index (χ1n) is 7.44. The van der Waals surface area contributed by atoms with Gasteiger partial charge in [0.05, 0.1) is 12.0 Å². The van der Waals surface area contributed by atoms with Gasteiger partial charge in [-0.25, -0.2) is 0 Å². The first-order chi connectivity index (χ1) is 11.0. The molecular formula is C17H17ClN2O2S. The van der Waals surface area contributed by atoms with E-state index in [1.165, 1.54) is 0 Å². The summed E-state index contributed by atoms with van der Waals surface area (Å²) in [4.78, 5) is 27.4. The SMILES string of the molecule is C[C@H](NC(=O)[C@H]1CC(=O)N(c2cccc(Cl)c2)C1)c1cccs1. The average molecular weight is 349 g/mol. The zero-order valence-electron chi connectivity index (χ0n) is 12.7. The van der Waals surface area contributed by atoms with Crippen LogP contribution >= 0.6 is 22.9 Å². The summed E-state index contributed by atoms with van der Waals surface area (Å²) in [5.41, 5.74) is 0.740. The summed E-state index contributed by atoms with van der Waals surface area (Å²) in [5.74, 6) is -0.455. The maximum Gasteiger partial charge on any atom is 0.227 e. The normalized spacial score (nSPS) is 19.0. The molecule has 1 aliphatic heterocycles. The Morgan fingerprint density at radius 1 is 1.39 bits per heavy atom. The van der Waals surface area contributed by atoms with E-state index in [1.807, 2.05) is 30.5 Å². The number of carbonyl (C=O) groups is 2. The lowest BCUT2D eigenvalue weighted by molar-refractivity contribution is -0.126. The molecule has 1 saturated heterocycles. The second-order valence-corrected chi connectivity index (χ2v) is 7.05. The number of hydrogen-bond acceptors (Lipinski definition) is 3. The minimum atomic E-state index is -0.330. The molecule has 23 heavy (non-hydrogen) atoms. The summed E-state index contributed by atoms with van der Waals surface area (Å²) in [6.07, 6.45) is 0.232. The molecule has 1 aromatic carbocycles. The second-order valence-electron chi connectivity index (χ2n) is 5.63. The number of nitrogens with one attached hydrogen (secondary N) is 1. The maximum absolute atomic E-state index is 12.4. The van der Waals surface area contributed by atoms with Crippen molar-refractivity contribution in [2.24, 2.45) is 5.92 Å². The number of halogens is 1. The lowest BCUT2D eigenvalue weighted by Gasteiger charge is -2.18. The lowest BCUT2D eigenvalue weighted by Crippen LogP contribution is -2.34. The standard InChI is InChI=1S/C17H17ClN2O2S/c1-11(15-6-3-7-23-15)19-17(22)12-8-16(21)20(10-12)14-5-2-4-13(18)9-14/h2-7,9,11-12H,8,10H2,1H3,(H,19,22)/t11-,12-/m0/s1. The third kappa shape index (κ3) is 3.57. The van der Waals surface area contributed by atoms with E-state index in [4.69, 9.17) is 11.6 Å². The number of carbonyl (C=O) groups excluding carboxylic acids is 2. The molecule has 2 atom stereocenters. The van der Waals surface area contributed by atoms with Crippen LogP contribution in [-0.2, 0) is 9.59 Å². The molecule has 6 heteroatoms. The third-order valence-electron chi connectivity index (χ3n) is 3.94. The van der Waals surface area contributed by atoms with E-state index in [0.717, 1.165) is 10.6 Å². The van der Waals surface area contributed by atoms with Gasteiger partial charge in [0.2, 0.25) is 11.8 Å². The Labute approximate surface area is 144 Å². The van der Waals surface area contributed by atoms with Gasteiger partial charge in [0.15, 0.2) is 0 Å². The Hall–Kier alpha value is -1.85. The van der Waals surface area contributed by atoms with Gasteiger partial charge in [0.25, 0.3) is 0 Å². The van der Waals surface area contributed by atoms with Gasteiger partial charge >= 0.3 is 0 Å². The Balaban J connectivity index is 1.66. The first kappa shape index (κ1) is 16.0. The van der Waals surface area contributed by atoms with Crippen molar-refractivity contribution in [1.82, 2.24) is 5.32 Å². The van der Waals surface area contributed by atoms with Crippen LogP contribution < -0.4 is 10.2 Å². The fourth-order valence-electron chi connectivity index (χ4n) is 2.72. The molecule has 0 spiro atoms. The van der Waals surface area contributed by atoms with Crippen LogP contribution in [-0.4, -0.2) is 18.4 Å². The number of thiophene rings is 1. The zero-order chi connectivity index (χ0) is 16.4. The Morgan fingerprint density at radius 2 is 2.22 bits per heavy atom. The summed E-state index contributed by atoms with van der Waals surface area (Å²) in [6.45, 7) is 2.34. The molecule has 1 aromatic heterocycles. The van der Waals surface area contributed by atoms with E-state index in [0.29, 0.717) is 11.6 Å². The summed E-state index contributed by atoms with van der Waals surface area (Å²) < 4.78 is 0. The number of amides is 2. The molecular weight excluding hydrogens is 332 g/mol.